The predicted molar refractivity (Wildman–Crippen MR) is 73.6 cm³/mol. The van der Waals surface area contributed by atoms with Crippen molar-refractivity contribution in [2.24, 2.45) is 0 Å². The summed E-state index contributed by atoms with van der Waals surface area (Å²) in [6, 6.07) is 3.84. The first-order chi connectivity index (χ1) is 8.51. The van der Waals surface area contributed by atoms with Crippen molar-refractivity contribution in [3.63, 3.8) is 0 Å². The maximum Gasteiger partial charge on any atom is 0.325 e. The Morgan fingerprint density at radius 1 is 1.67 bits per heavy atom. The van der Waals surface area contributed by atoms with E-state index >= 15 is 0 Å². The van der Waals surface area contributed by atoms with Crippen LogP contribution >= 0.6 is 11.8 Å². The van der Waals surface area contributed by atoms with E-state index in [1.807, 2.05) is 19.1 Å². The first-order valence-electron chi connectivity index (χ1n) is 5.93. The number of furan rings is 1. The summed E-state index contributed by atoms with van der Waals surface area (Å²) in [6.45, 7) is 3.97. The highest BCUT2D eigenvalue weighted by Crippen LogP contribution is 2.25. The van der Waals surface area contributed by atoms with Gasteiger partial charge in [0, 0.05) is 5.25 Å². The van der Waals surface area contributed by atoms with Gasteiger partial charge in [-0.1, -0.05) is 6.92 Å². The number of methoxy groups -OCH3 is 1. The molecule has 1 aromatic heterocycles. The summed E-state index contributed by atoms with van der Waals surface area (Å²) in [6.07, 6.45) is 2.38. The Balaban J connectivity index is 2.46. The summed E-state index contributed by atoms with van der Waals surface area (Å²) < 4.78 is 10.1. The van der Waals surface area contributed by atoms with E-state index in [1.54, 1.807) is 25.1 Å². The maximum absolute atomic E-state index is 11.7. The van der Waals surface area contributed by atoms with Crippen molar-refractivity contribution >= 4 is 17.7 Å². The topological polar surface area (TPSA) is 51.5 Å². The van der Waals surface area contributed by atoms with Gasteiger partial charge < -0.3 is 14.5 Å². The number of carbonyl (C=O) groups excluding carboxylic acids is 1. The lowest BCUT2D eigenvalue weighted by Crippen LogP contribution is -2.49. The Morgan fingerprint density at radius 2 is 2.39 bits per heavy atom. The van der Waals surface area contributed by atoms with Crippen molar-refractivity contribution in [2.45, 2.75) is 36.8 Å². The molecule has 0 aliphatic rings. The minimum absolute atomic E-state index is 0.226. The summed E-state index contributed by atoms with van der Waals surface area (Å²) in [4.78, 5) is 11.7. The van der Waals surface area contributed by atoms with Crippen LogP contribution in [-0.4, -0.2) is 30.9 Å². The second-order valence-electron chi connectivity index (χ2n) is 4.48. The smallest absolute Gasteiger partial charge is 0.325 e. The second kappa shape index (κ2) is 6.85. The Bertz CT molecular complexity index is 366. The second-order valence-corrected chi connectivity index (χ2v) is 5.91. The van der Waals surface area contributed by atoms with Gasteiger partial charge in [0.2, 0.25) is 0 Å². The average molecular weight is 271 g/mol. The Morgan fingerprint density at radius 3 is 2.89 bits per heavy atom. The number of carbonyl (C=O) groups is 1. The number of hydrogen-bond acceptors (Lipinski definition) is 5. The number of rotatable bonds is 7. The zero-order chi connectivity index (χ0) is 13.6. The van der Waals surface area contributed by atoms with Crippen molar-refractivity contribution in [2.75, 3.05) is 14.2 Å². The van der Waals surface area contributed by atoms with Crippen LogP contribution in [0.25, 0.3) is 0 Å². The van der Waals surface area contributed by atoms with Crippen LogP contribution in [-0.2, 0) is 15.3 Å². The van der Waals surface area contributed by atoms with E-state index in [0.717, 1.165) is 11.5 Å². The number of ether oxygens (including phenoxy) is 1. The molecule has 0 bridgehead atoms. The quantitative estimate of drug-likeness (QED) is 0.772. The molecule has 1 aromatic rings. The van der Waals surface area contributed by atoms with Crippen LogP contribution in [0.4, 0.5) is 0 Å². The molecule has 0 aliphatic heterocycles. The summed E-state index contributed by atoms with van der Waals surface area (Å²) in [7, 11) is 3.19. The van der Waals surface area contributed by atoms with Gasteiger partial charge in [0.1, 0.15) is 11.3 Å². The van der Waals surface area contributed by atoms with E-state index in [-0.39, 0.29) is 5.97 Å². The monoisotopic (exact) mass is 271 g/mol. The average Bonchev–Trinajstić information content (AvgIpc) is 2.88. The molecule has 102 valence electrons. The first kappa shape index (κ1) is 15.1. The Kier molecular flexibility index (Phi) is 5.75. The van der Waals surface area contributed by atoms with Crippen molar-refractivity contribution in [3.05, 3.63) is 24.2 Å². The first-order valence-corrected chi connectivity index (χ1v) is 6.98. The number of esters is 1. The highest BCUT2D eigenvalue weighted by Gasteiger charge is 2.34. The van der Waals surface area contributed by atoms with Gasteiger partial charge in [0.05, 0.1) is 19.1 Å². The molecule has 2 atom stereocenters. The van der Waals surface area contributed by atoms with Gasteiger partial charge in [-0.05, 0) is 32.5 Å². The summed E-state index contributed by atoms with van der Waals surface area (Å²) in [5, 5.41) is 3.37. The van der Waals surface area contributed by atoms with Crippen LogP contribution in [0.15, 0.2) is 22.8 Å². The minimum atomic E-state index is -0.635. The fourth-order valence-electron chi connectivity index (χ4n) is 1.77. The lowest BCUT2D eigenvalue weighted by Gasteiger charge is -2.28. The molecule has 18 heavy (non-hydrogen) atoms. The number of likely N-dealkylation sites (N-methyl/N-ethyl adjacent to an activating group) is 1. The van der Waals surface area contributed by atoms with Crippen LogP contribution in [0.1, 0.15) is 26.0 Å². The number of hydrogen-bond donors (Lipinski definition) is 1. The standard InChI is InChI=1S/C13H21NO3S/c1-10(18-9-11-6-5-7-17-11)8-13(2,14-3)12(15)16-4/h5-7,10,14H,8-9H2,1-4H3. The molecule has 0 aromatic carbocycles. The van der Waals surface area contributed by atoms with Gasteiger partial charge >= 0.3 is 5.97 Å². The van der Waals surface area contributed by atoms with E-state index < -0.39 is 5.54 Å². The molecule has 0 fully saturated rings. The van der Waals surface area contributed by atoms with Crippen molar-refractivity contribution in [3.8, 4) is 0 Å². The van der Waals surface area contributed by atoms with Crippen molar-refractivity contribution in [1.29, 1.82) is 0 Å². The Hall–Kier alpha value is -0.940. The Labute approximate surface area is 112 Å². The predicted octanol–water partition coefficient (Wildman–Crippen LogP) is 2.44. The van der Waals surface area contributed by atoms with Gasteiger partial charge in [-0.2, -0.15) is 11.8 Å². The zero-order valence-electron chi connectivity index (χ0n) is 11.4. The van der Waals surface area contributed by atoms with E-state index in [2.05, 4.69) is 12.2 Å². The molecule has 0 aliphatic carbocycles. The van der Waals surface area contributed by atoms with E-state index in [1.165, 1.54) is 7.11 Å². The third-order valence-electron chi connectivity index (χ3n) is 2.97. The molecule has 1 heterocycles. The summed E-state index contributed by atoms with van der Waals surface area (Å²) in [5.74, 6) is 1.54. The fraction of sp³-hybridized carbons (Fsp3) is 0.615. The molecule has 1 rings (SSSR count). The fourth-order valence-corrected chi connectivity index (χ4v) is 2.83. The van der Waals surface area contributed by atoms with Crippen LogP contribution in [0.5, 0.6) is 0 Å². The number of nitrogens with one attached hydrogen (secondary N) is 1. The number of thioether (sulfide) groups is 1. The molecule has 0 saturated carbocycles. The SMILES string of the molecule is CNC(C)(CC(C)SCc1ccco1)C(=O)OC. The van der Waals surface area contributed by atoms with Crippen LogP contribution in [0.2, 0.25) is 0 Å². The molecule has 0 radical (unpaired) electrons. The molecule has 5 heteroatoms. The van der Waals surface area contributed by atoms with Crippen molar-refractivity contribution < 1.29 is 13.9 Å². The third kappa shape index (κ3) is 4.07. The van der Waals surface area contributed by atoms with Crippen LogP contribution in [0, 0.1) is 0 Å². The van der Waals surface area contributed by atoms with Gasteiger partial charge in [0.25, 0.3) is 0 Å². The van der Waals surface area contributed by atoms with E-state index in [4.69, 9.17) is 9.15 Å². The summed E-state index contributed by atoms with van der Waals surface area (Å²) in [5.41, 5.74) is -0.635. The molecule has 2 unspecified atom stereocenters. The summed E-state index contributed by atoms with van der Waals surface area (Å²) >= 11 is 1.76. The maximum atomic E-state index is 11.7. The molecule has 1 N–H and O–H groups in total. The largest absolute Gasteiger partial charge is 0.468 e. The zero-order valence-corrected chi connectivity index (χ0v) is 12.2. The van der Waals surface area contributed by atoms with Crippen LogP contribution in [0.3, 0.4) is 0 Å². The lowest BCUT2D eigenvalue weighted by atomic mass is 9.96. The van der Waals surface area contributed by atoms with Crippen LogP contribution < -0.4 is 5.32 Å². The molecular weight excluding hydrogens is 250 g/mol. The highest BCUT2D eigenvalue weighted by atomic mass is 32.2. The highest BCUT2D eigenvalue weighted by molar-refractivity contribution is 7.99. The molecular formula is C13H21NO3S. The molecule has 0 spiro atoms. The normalized spacial score (nSPS) is 16.0. The van der Waals surface area contributed by atoms with E-state index in [0.29, 0.717) is 11.7 Å². The van der Waals surface area contributed by atoms with Gasteiger partial charge in [0.15, 0.2) is 0 Å². The molecule has 4 nitrogen and oxygen atoms in total. The third-order valence-corrected chi connectivity index (χ3v) is 4.16. The van der Waals surface area contributed by atoms with Gasteiger partial charge in [-0.15, -0.1) is 0 Å². The van der Waals surface area contributed by atoms with E-state index in [9.17, 15) is 4.79 Å². The van der Waals surface area contributed by atoms with Crippen molar-refractivity contribution in [1.82, 2.24) is 5.32 Å². The lowest BCUT2D eigenvalue weighted by molar-refractivity contribution is -0.147. The molecule has 0 saturated heterocycles. The van der Waals surface area contributed by atoms with Gasteiger partial charge in [-0.25, -0.2) is 0 Å². The molecule has 0 amide bonds. The minimum Gasteiger partial charge on any atom is -0.468 e. The van der Waals surface area contributed by atoms with Gasteiger partial charge in [-0.3, -0.25) is 4.79 Å².